The van der Waals surface area contributed by atoms with Crippen molar-refractivity contribution in [3.05, 3.63) is 35.5 Å². The van der Waals surface area contributed by atoms with Crippen LogP contribution in [-0.4, -0.2) is 68.2 Å². The highest BCUT2D eigenvalue weighted by Gasteiger charge is 2.53. The van der Waals surface area contributed by atoms with E-state index in [4.69, 9.17) is 9.26 Å². The number of carbonyl (C=O) groups excluding carboxylic acids is 1. The van der Waals surface area contributed by atoms with Crippen LogP contribution in [0.25, 0.3) is 0 Å². The van der Waals surface area contributed by atoms with Crippen molar-refractivity contribution in [3.8, 4) is 0 Å². The summed E-state index contributed by atoms with van der Waals surface area (Å²) < 4.78 is 11.1. The summed E-state index contributed by atoms with van der Waals surface area (Å²) >= 11 is 0. The monoisotopic (exact) mass is 389 g/mol. The Kier molecular flexibility index (Phi) is 4.98. The van der Waals surface area contributed by atoms with Gasteiger partial charge in [-0.1, -0.05) is 5.16 Å². The van der Waals surface area contributed by atoms with Gasteiger partial charge >= 0.3 is 0 Å². The van der Waals surface area contributed by atoms with Crippen molar-refractivity contribution in [2.45, 2.75) is 56.9 Å². The van der Waals surface area contributed by atoms with Gasteiger partial charge in [0, 0.05) is 44.2 Å². The molecule has 1 amide bonds. The molecule has 2 aromatic heterocycles. The van der Waals surface area contributed by atoms with Gasteiger partial charge in [-0.2, -0.15) is 5.10 Å². The summed E-state index contributed by atoms with van der Waals surface area (Å²) in [5.74, 6) is 0.232. The number of aromatic nitrogens is 3. The lowest BCUT2D eigenvalue weighted by Crippen LogP contribution is -2.69. The summed E-state index contributed by atoms with van der Waals surface area (Å²) in [4.78, 5) is 14.9. The van der Waals surface area contributed by atoms with Crippen molar-refractivity contribution in [1.82, 2.24) is 25.6 Å². The molecule has 0 unspecified atom stereocenters. The molecule has 2 aliphatic heterocycles. The number of rotatable bonds is 4. The van der Waals surface area contributed by atoms with E-state index >= 15 is 0 Å². The summed E-state index contributed by atoms with van der Waals surface area (Å²) in [7, 11) is 0. The topological polar surface area (TPSA) is 117 Å². The highest BCUT2D eigenvalue weighted by molar-refractivity contribution is 5.92. The lowest BCUT2D eigenvalue weighted by Gasteiger charge is -2.53. The summed E-state index contributed by atoms with van der Waals surface area (Å²) in [6.45, 7) is 6.52. The van der Waals surface area contributed by atoms with Crippen LogP contribution in [0.3, 0.4) is 0 Å². The number of nitrogens with one attached hydrogen (secondary N) is 2. The highest BCUT2D eigenvalue weighted by atomic mass is 16.5. The maximum absolute atomic E-state index is 12.6. The first-order chi connectivity index (χ1) is 13.4. The van der Waals surface area contributed by atoms with Crippen LogP contribution in [0.2, 0.25) is 0 Å². The fourth-order valence-electron chi connectivity index (χ4n) is 4.31. The van der Waals surface area contributed by atoms with Crippen molar-refractivity contribution in [3.63, 3.8) is 0 Å². The number of carbonyl (C=O) groups is 1. The van der Waals surface area contributed by atoms with E-state index in [1.807, 2.05) is 13.0 Å². The highest BCUT2D eigenvalue weighted by Crippen LogP contribution is 2.40. The molecule has 2 saturated heterocycles. The van der Waals surface area contributed by atoms with E-state index in [0.717, 1.165) is 25.3 Å². The van der Waals surface area contributed by atoms with Gasteiger partial charge in [0.1, 0.15) is 11.9 Å². The van der Waals surface area contributed by atoms with Crippen molar-refractivity contribution < 1.29 is 19.2 Å². The first-order valence-corrected chi connectivity index (χ1v) is 9.69. The predicted octanol–water partition coefficient (Wildman–Crippen LogP) is 1.01. The molecule has 4 rings (SSSR count). The van der Waals surface area contributed by atoms with Gasteiger partial charge < -0.3 is 19.7 Å². The second-order valence-corrected chi connectivity index (χ2v) is 8.12. The van der Waals surface area contributed by atoms with Gasteiger partial charge in [-0.05, 0) is 39.2 Å². The molecule has 0 radical (unpaired) electrons. The second kappa shape index (κ2) is 7.31. The first-order valence-electron chi connectivity index (χ1n) is 9.69. The molecular weight excluding hydrogens is 362 g/mol. The van der Waals surface area contributed by atoms with Crippen LogP contribution in [0.4, 0.5) is 0 Å². The minimum absolute atomic E-state index is 0.223. The van der Waals surface area contributed by atoms with E-state index in [9.17, 15) is 9.90 Å². The first kappa shape index (κ1) is 19.1. The zero-order chi connectivity index (χ0) is 19.8. The van der Waals surface area contributed by atoms with Crippen LogP contribution in [0.1, 0.15) is 48.1 Å². The Bertz CT molecular complexity index is 812. The number of likely N-dealkylation sites (tertiary alicyclic amines) is 1. The van der Waals surface area contributed by atoms with Gasteiger partial charge in [-0.25, -0.2) is 0 Å². The number of hydrogen-bond acceptors (Lipinski definition) is 7. The molecule has 152 valence electrons. The molecule has 3 N–H and O–H groups in total. The number of H-pyrrole nitrogens is 1. The standard InChI is InChI=1S/C19H27N5O4/c1-13-11-15(23-28-13)16(25)21-18(2)6-10-27-19(17(18)26)4-8-24(9-5-19)12-14-3-7-20-22-14/h3,7,11,17,26H,4-6,8-10,12H2,1-2H3,(H,20,22)(H,21,25)/t17-,18+/m1/s1. The molecule has 2 fully saturated rings. The Morgan fingerprint density at radius 3 is 2.86 bits per heavy atom. The Morgan fingerprint density at radius 2 is 2.21 bits per heavy atom. The fraction of sp³-hybridized carbons (Fsp3) is 0.632. The Hall–Kier alpha value is -2.23. The Labute approximate surface area is 163 Å². The van der Waals surface area contributed by atoms with E-state index in [1.165, 1.54) is 0 Å². The smallest absolute Gasteiger partial charge is 0.273 e. The van der Waals surface area contributed by atoms with Crippen LogP contribution >= 0.6 is 0 Å². The van der Waals surface area contributed by atoms with Crippen molar-refractivity contribution in [1.29, 1.82) is 0 Å². The molecule has 9 heteroatoms. The van der Waals surface area contributed by atoms with Gasteiger partial charge in [-0.15, -0.1) is 0 Å². The Balaban J connectivity index is 1.42. The third-order valence-electron chi connectivity index (χ3n) is 6.03. The van der Waals surface area contributed by atoms with E-state index in [2.05, 4.69) is 25.6 Å². The molecule has 28 heavy (non-hydrogen) atoms. The number of amides is 1. The van der Waals surface area contributed by atoms with Crippen LogP contribution < -0.4 is 5.32 Å². The lowest BCUT2D eigenvalue weighted by atomic mass is 9.73. The number of ether oxygens (including phenoxy) is 1. The van der Waals surface area contributed by atoms with E-state index in [-0.39, 0.29) is 11.6 Å². The lowest BCUT2D eigenvalue weighted by molar-refractivity contribution is -0.206. The van der Waals surface area contributed by atoms with Gasteiger partial charge in [0.15, 0.2) is 5.69 Å². The zero-order valence-electron chi connectivity index (χ0n) is 16.3. The maximum Gasteiger partial charge on any atom is 0.273 e. The van der Waals surface area contributed by atoms with Crippen LogP contribution in [0.5, 0.6) is 0 Å². The molecule has 0 aromatic carbocycles. The molecule has 2 atom stereocenters. The van der Waals surface area contributed by atoms with Gasteiger partial charge in [0.25, 0.3) is 5.91 Å². The van der Waals surface area contributed by atoms with E-state index in [1.54, 1.807) is 19.2 Å². The molecule has 0 saturated carbocycles. The van der Waals surface area contributed by atoms with Crippen molar-refractivity contribution >= 4 is 5.91 Å². The number of aryl methyl sites for hydroxylation is 1. The van der Waals surface area contributed by atoms with E-state index < -0.39 is 17.2 Å². The summed E-state index contributed by atoms with van der Waals surface area (Å²) in [5.41, 5.74) is -0.139. The molecule has 0 bridgehead atoms. The minimum atomic E-state index is -0.806. The predicted molar refractivity (Wildman–Crippen MR) is 99.5 cm³/mol. The minimum Gasteiger partial charge on any atom is -0.388 e. The fourth-order valence-corrected chi connectivity index (χ4v) is 4.31. The zero-order valence-corrected chi connectivity index (χ0v) is 16.3. The number of nitrogens with zero attached hydrogens (tertiary/aromatic N) is 3. The van der Waals surface area contributed by atoms with Crippen LogP contribution in [0.15, 0.2) is 22.9 Å². The number of piperidine rings is 1. The molecule has 0 aliphatic carbocycles. The van der Waals surface area contributed by atoms with Crippen LogP contribution in [0, 0.1) is 6.92 Å². The Morgan fingerprint density at radius 1 is 1.43 bits per heavy atom. The normalized spacial score (nSPS) is 27.8. The third-order valence-corrected chi connectivity index (χ3v) is 6.03. The largest absolute Gasteiger partial charge is 0.388 e. The SMILES string of the molecule is Cc1cc(C(=O)N[C@@]2(C)CCOC3(CCN(Cc4ccn[nH]4)CC3)[C@@H]2O)no1. The number of aliphatic hydroxyl groups is 1. The van der Waals surface area contributed by atoms with Crippen molar-refractivity contribution in [2.24, 2.45) is 0 Å². The summed E-state index contributed by atoms with van der Waals surface area (Å²) in [6.07, 6.45) is 2.89. The summed E-state index contributed by atoms with van der Waals surface area (Å²) in [5, 5.41) is 24.9. The number of aliphatic hydroxyl groups excluding tert-OH is 1. The number of aromatic amines is 1. The molecule has 4 heterocycles. The average molecular weight is 389 g/mol. The molecular formula is C19H27N5O4. The molecule has 2 aliphatic rings. The van der Waals surface area contributed by atoms with Crippen LogP contribution in [-0.2, 0) is 11.3 Å². The molecule has 2 aromatic rings. The van der Waals surface area contributed by atoms with Crippen molar-refractivity contribution in [2.75, 3.05) is 19.7 Å². The number of hydrogen-bond donors (Lipinski definition) is 3. The summed E-state index contributed by atoms with van der Waals surface area (Å²) in [6, 6.07) is 3.56. The average Bonchev–Trinajstić information content (AvgIpc) is 3.33. The second-order valence-electron chi connectivity index (χ2n) is 8.12. The molecule has 9 nitrogen and oxygen atoms in total. The van der Waals surface area contributed by atoms with Gasteiger partial charge in [-0.3, -0.25) is 14.8 Å². The molecule has 1 spiro atoms. The quantitative estimate of drug-likeness (QED) is 0.714. The van der Waals surface area contributed by atoms with Gasteiger partial charge in [0.05, 0.1) is 11.1 Å². The maximum atomic E-state index is 12.6. The van der Waals surface area contributed by atoms with Gasteiger partial charge in [0.2, 0.25) is 0 Å². The third kappa shape index (κ3) is 3.57. The van der Waals surface area contributed by atoms with E-state index in [0.29, 0.717) is 31.6 Å².